The fourth-order valence-corrected chi connectivity index (χ4v) is 2.37. The van der Waals surface area contributed by atoms with Gasteiger partial charge >= 0.3 is 12.0 Å². The fourth-order valence-electron chi connectivity index (χ4n) is 1.91. The molecule has 2 amide bonds. The number of carbonyl (C=O) groups excluding carboxylic acids is 2. The van der Waals surface area contributed by atoms with Gasteiger partial charge in [-0.1, -0.05) is 35.3 Å². The van der Waals surface area contributed by atoms with E-state index in [1.807, 2.05) is 0 Å². The topological polar surface area (TPSA) is 90.7 Å². The second-order valence-electron chi connectivity index (χ2n) is 4.97. The lowest BCUT2D eigenvalue weighted by atomic mass is 10.1. The first-order chi connectivity index (χ1) is 12.0. The van der Waals surface area contributed by atoms with Crippen LogP contribution < -0.4 is 15.8 Å². The molecule has 0 aliphatic rings. The largest absolute Gasteiger partial charge is 0.488 e. The molecular formula is C17H16Cl2N2O4. The Labute approximate surface area is 154 Å². The van der Waals surface area contributed by atoms with Gasteiger partial charge in [-0.3, -0.25) is 0 Å². The second-order valence-corrected chi connectivity index (χ2v) is 5.82. The van der Waals surface area contributed by atoms with E-state index < -0.39 is 12.0 Å². The van der Waals surface area contributed by atoms with E-state index in [0.717, 1.165) is 5.56 Å². The lowest BCUT2D eigenvalue weighted by Crippen LogP contribution is -2.28. The summed E-state index contributed by atoms with van der Waals surface area (Å²) in [5.41, 5.74) is 6.21. The third-order valence-electron chi connectivity index (χ3n) is 3.12. The molecule has 0 saturated heterocycles. The third-order valence-corrected chi connectivity index (χ3v) is 3.65. The molecule has 0 radical (unpaired) electrons. The van der Waals surface area contributed by atoms with E-state index in [4.69, 9.17) is 38.4 Å². The van der Waals surface area contributed by atoms with Crippen LogP contribution in [0.5, 0.6) is 5.75 Å². The monoisotopic (exact) mass is 382 g/mol. The first-order valence-electron chi connectivity index (χ1n) is 7.33. The highest BCUT2D eigenvalue weighted by atomic mass is 35.5. The van der Waals surface area contributed by atoms with E-state index in [-0.39, 0.29) is 13.2 Å². The van der Waals surface area contributed by atoms with E-state index in [2.05, 4.69) is 5.32 Å². The Hall–Kier alpha value is -2.44. The number of rotatable bonds is 7. The van der Waals surface area contributed by atoms with Crippen molar-refractivity contribution in [1.29, 1.82) is 0 Å². The van der Waals surface area contributed by atoms with Gasteiger partial charge in [0, 0.05) is 11.6 Å². The summed E-state index contributed by atoms with van der Waals surface area (Å²) >= 11 is 11.8. The Morgan fingerprint density at radius 3 is 2.40 bits per heavy atom. The molecule has 0 heterocycles. The number of nitrogens with two attached hydrogens (primary N) is 1. The van der Waals surface area contributed by atoms with Crippen molar-refractivity contribution in [3.05, 3.63) is 63.6 Å². The number of primary amides is 1. The lowest BCUT2D eigenvalue weighted by molar-refractivity contribution is 0.0450. The van der Waals surface area contributed by atoms with Crippen LogP contribution in [0.4, 0.5) is 4.79 Å². The summed E-state index contributed by atoms with van der Waals surface area (Å²) in [6.45, 7) is 0.525. The zero-order valence-corrected chi connectivity index (χ0v) is 14.6. The molecule has 0 bridgehead atoms. The number of carbonyl (C=O) groups is 2. The second kappa shape index (κ2) is 9.15. The molecule has 0 unspecified atom stereocenters. The summed E-state index contributed by atoms with van der Waals surface area (Å²) in [5, 5.41) is 3.36. The number of benzene rings is 2. The van der Waals surface area contributed by atoms with Crippen LogP contribution in [-0.4, -0.2) is 25.2 Å². The van der Waals surface area contributed by atoms with Gasteiger partial charge in [0.25, 0.3) is 0 Å². The van der Waals surface area contributed by atoms with Crippen LogP contribution in [0.2, 0.25) is 10.0 Å². The molecule has 0 saturated carbocycles. The molecule has 25 heavy (non-hydrogen) atoms. The number of halogens is 2. The predicted octanol–water partition coefficient (Wildman–Crippen LogP) is 3.40. The average Bonchev–Trinajstić information content (AvgIpc) is 2.58. The third kappa shape index (κ3) is 6.17. The first-order valence-corrected chi connectivity index (χ1v) is 8.08. The van der Waals surface area contributed by atoms with Crippen LogP contribution in [0, 0.1) is 0 Å². The van der Waals surface area contributed by atoms with Crippen LogP contribution in [0.15, 0.2) is 42.5 Å². The summed E-state index contributed by atoms with van der Waals surface area (Å²) in [7, 11) is 0. The number of ether oxygens (including phenoxy) is 2. The molecule has 2 aromatic rings. The number of hydrogen-bond acceptors (Lipinski definition) is 4. The summed E-state index contributed by atoms with van der Waals surface area (Å²) < 4.78 is 10.6. The smallest absolute Gasteiger partial charge is 0.338 e. The molecule has 0 spiro atoms. The van der Waals surface area contributed by atoms with Crippen LogP contribution in [-0.2, 0) is 11.3 Å². The highest BCUT2D eigenvalue weighted by Crippen LogP contribution is 2.27. The van der Waals surface area contributed by atoms with Gasteiger partial charge in [0.1, 0.15) is 19.0 Å². The molecule has 6 nitrogen and oxygen atoms in total. The number of esters is 1. The normalized spacial score (nSPS) is 10.2. The van der Waals surface area contributed by atoms with Crippen LogP contribution >= 0.6 is 23.2 Å². The van der Waals surface area contributed by atoms with Crippen LogP contribution in [0.3, 0.4) is 0 Å². The molecule has 132 valence electrons. The van der Waals surface area contributed by atoms with E-state index in [9.17, 15) is 9.59 Å². The minimum atomic E-state index is -0.607. The van der Waals surface area contributed by atoms with Crippen molar-refractivity contribution in [2.24, 2.45) is 5.73 Å². The number of urea groups is 1. The highest BCUT2D eigenvalue weighted by Gasteiger charge is 2.08. The minimum Gasteiger partial charge on any atom is -0.488 e. The Kier molecular flexibility index (Phi) is 6.91. The van der Waals surface area contributed by atoms with Crippen molar-refractivity contribution in [2.75, 3.05) is 13.2 Å². The number of hydrogen-bond donors (Lipinski definition) is 2. The molecular weight excluding hydrogens is 367 g/mol. The quantitative estimate of drug-likeness (QED) is 0.566. The molecule has 0 aliphatic heterocycles. The van der Waals surface area contributed by atoms with Crippen LogP contribution in [0.1, 0.15) is 15.9 Å². The van der Waals surface area contributed by atoms with Crippen LogP contribution in [0.25, 0.3) is 0 Å². The van der Waals surface area contributed by atoms with Crippen molar-refractivity contribution in [1.82, 2.24) is 5.32 Å². The zero-order chi connectivity index (χ0) is 18.2. The average molecular weight is 383 g/mol. The van der Waals surface area contributed by atoms with Gasteiger partial charge in [0.2, 0.25) is 0 Å². The maximum absolute atomic E-state index is 11.9. The lowest BCUT2D eigenvalue weighted by Gasteiger charge is -2.09. The van der Waals surface area contributed by atoms with Crippen molar-refractivity contribution in [3.63, 3.8) is 0 Å². The molecule has 2 rings (SSSR count). The number of nitrogens with one attached hydrogen (secondary N) is 1. The van der Waals surface area contributed by atoms with Gasteiger partial charge < -0.3 is 20.5 Å². The van der Waals surface area contributed by atoms with Gasteiger partial charge in [-0.15, -0.1) is 0 Å². The minimum absolute atomic E-state index is 0.0722. The molecule has 0 fully saturated rings. The SMILES string of the molecule is NC(=O)NCc1ccc(C(=O)OCCOc2ccc(Cl)cc2Cl)cc1. The Morgan fingerprint density at radius 2 is 1.76 bits per heavy atom. The molecule has 2 aromatic carbocycles. The van der Waals surface area contributed by atoms with Crippen molar-refractivity contribution >= 4 is 35.2 Å². The van der Waals surface area contributed by atoms with Gasteiger partial charge in [0.05, 0.1) is 10.6 Å². The zero-order valence-electron chi connectivity index (χ0n) is 13.1. The fraction of sp³-hybridized carbons (Fsp3) is 0.176. The molecule has 0 atom stereocenters. The van der Waals surface area contributed by atoms with E-state index >= 15 is 0 Å². The summed E-state index contributed by atoms with van der Waals surface area (Å²) in [4.78, 5) is 22.6. The van der Waals surface area contributed by atoms with Crippen molar-refractivity contribution < 1.29 is 19.1 Å². The summed E-state index contributed by atoms with van der Waals surface area (Å²) in [5.74, 6) is -0.00590. The standard InChI is InChI=1S/C17H16Cl2N2O4/c18-13-5-6-15(14(19)9-13)24-7-8-25-16(22)12-3-1-11(2-4-12)10-21-17(20)23/h1-6,9H,7-8,10H2,(H3,20,21,23). The van der Waals surface area contributed by atoms with Gasteiger partial charge in [0.15, 0.2) is 0 Å². The first kappa shape index (κ1) is 18.9. The van der Waals surface area contributed by atoms with Gasteiger partial charge in [-0.05, 0) is 35.9 Å². The Balaban J connectivity index is 1.77. The van der Waals surface area contributed by atoms with E-state index in [1.54, 1.807) is 42.5 Å². The van der Waals surface area contributed by atoms with E-state index in [0.29, 0.717) is 27.9 Å². The van der Waals surface area contributed by atoms with Crippen molar-refractivity contribution in [2.45, 2.75) is 6.54 Å². The summed E-state index contributed by atoms with van der Waals surface area (Å²) in [6, 6.07) is 10.9. The Bertz CT molecular complexity index is 751. The maximum atomic E-state index is 11.9. The van der Waals surface area contributed by atoms with Gasteiger partial charge in [-0.2, -0.15) is 0 Å². The predicted molar refractivity (Wildman–Crippen MR) is 95.1 cm³/mol. The van der Waals surface area contributed by atoms with Crippen molar-refractivity contribution in [3.8, 4) is 5.75 Å². The Morgan fingerprint density at radius 1 is 1.04 bits per heavy atom. The highest BCUT2D eigenvalue weighted by molar-refractivity contribution is 6.35. The summed E-state index contributed by atoms with van der Waals surface area (Å²) in [6.07, 6.45) is 0. The van der Waals surface area contributed by atoms with Gasteiger partial charge in [-0.25, -0.2) is 9.59 Å². The van der Waals surface area contributed by atoms with E-state index in [1.165, 1.54) is 0 Å². The molecule has 0 aliphatic carbocycles. The number of amides is 2. The maximum Gasteiger partial charge on any atom is 0.338 e. The molecule has 8 heteroatoms. The molecule has 3 N–H and O–H groups in total. The molecule has 0 aromatic heterocycles.